The molecule has 0 N–H and O–H groups in total. The third-order valence-electron chi connectivity index (χ3n) is 6.95. The molecule has 202 valence electrons. The molecule has 4 heterocycles. The first-order chi connectivity index (χ1) is 18.7. The number of anilines is 1. The molecule has 0 radical (unpaired) electrons. The van der Waals surface area contributed by atoms with E-state index in [-0.39, 0.29) is 12.3 Å². The number of hydrogen-bond acceptors (Lipinski definition) is 5. The highest BCUT2D eigenvalue weighted by atomic mass is 19.4. The number of rotatable bonds is 7. The van der Waals surface area contributed by atoms with Gasteiger partial charge in [0.2, 0.25) is 5.91 Å². The van der Waals surface area contributed by atoms with Crippen LogP contribution >= 0.6 is 0 Å². The Morgan fingerprint density at radius 1 is 0.897 bits per heavy atom. The lowest BCUT2D eigenvalue weighted by atomic mass is 10.0. The first-order valence-electron chi connectivity index (χ1n) is 12.8. The van der Waals surface area contributed by atoms with Gasteiger partial charge in [-0.05, 0) is 41.5 Å². The van der Waals surface area contributed by atoms with Crippen LogP contribution < -0.4 is 4.90 Å². The van der Waals surface area contributed by atoms with E-state index in [9.17, 15) is 22.8 Å². The topological polar surface area (TPSA) is 70.8 Å². The van der Waals surface area contributed by atoms with Crippen LogP contribution in [0.2, 0.25) is 0 Å². The Kier molecular flexibility index (Phi) is 7.36. The van der Waals surface area contributed by atoms with Crippen molar-refractivity contribution in [1.82, 2.24) is 19.3 Å². The first kappa shape index (κ1) is 26.4. The van der Waals surface area contributed by atoms with Crippen LogP contribution in [-0.4, -0.2) is 63.3 Å². The molecule has 1 aliphatic heterocycles. The highest BCUT2D eigenvalue weighted by Gasteiger charge is 2.27. The highest BCUT2D eigenvalue weighted by Crippen LogP contribution is 2.27. The van der Waals surface area contributed by atoms with Crippen LogP contribution in [0.5, 0.6) is 0 Å². The van der Waals surface area contributed by atoms with Gasteiger partial charge in [-0.2, -0.15) is 13.2 Å². The van der Waals surface area contributed by atoms with Gasteiger partial charge in [-0.1, -0.05) is 18.2 Å². The predicted molar refractivity (Wildman–Crippen MR) is 142 cm³/mol. The number of piperazine rings is 1. The van der Waals surface area contributed by atoms with E-state index in [2.05, 4.69) is 14.9 Å². The quantitative estimate of drug-likeness (QED) is 0.326. The molecule has 10 heteroatoms. The number of ketones is 1. The van der Waals surface area contributed by atoms with Crippen molar-refractivity contribution in [2.75, 3.05) is 31.1 Å². The molecule has 0 bridgehead atoms. The summed E-state index contributed by atoms with van der Waals surface area (Å²) in [5, 5.41) is 0. The minimum Gasteiger partial charge on any atom is -0.353 e. The molecule has 1 amide bonds. The summed E-state index contributed by atoms with van der Waals surface area (Å²) in [6.07, 6.45) is -0.496. The number of imidazole rings is 1. The zero-order chi connectivity index (χ0) is 27.6. The lowest BCUT2D eigenvalue weighted by molar-refractivity contribution is -0.143. The average Bonchev–Trinajstić information content (AvgIpc) is 3.35. The molecule has 0 unspecified atom stereocenters. The summed E-state index contributed by atoms with van der Waals surface area (Å²) in [7, 11) is 0. The molecule has 1 fully saturated rings. The molecule has 0 spiro atoms. The number of hydrogen-bond donors (Lipinski definition) is 0. The van der Waals surface area contributed by atoms with E-state index in [1.54, 1.807) is 25.3 Å². The maximum absolute atomic E-state index is 12.4. The van der Waals surface area contributed by atoms with Crippen molar-refractivity contribution in [2.24, 2.45) is 0 Å². The molecule has 5 rings (SSSR count). The molecule has 7 nitrogen and oxygen atoms in total. The molecule has 0 atom stereocenters. The normalized spacial score (nSPS) is 14.2. The number of alkyl halides is 3. The second-order valence-electron chi connectivity index (χ2n) is 9.72. The van der Waals surface area contributed by atoms with Gasteiger partial charge in [0, 0.05) is 69.5 Å². The maximum atomic E-state index is 12.4. The minimum atomic E-state index is -4.34. The summed E-state index contributed by atoms with van der Waals surface area (Å²) >= 11 is 0. The monoisotopic (exact) mass is 535 g/mol. The second-order valence-corrected chi connectivity index (χ2v) is 9.72. The molecule has 4 aromatic rings. The van der Waals surface area contributed by atoms with E-state index >= 15 is 0 Å². The number of halogens is 3. The number of carbonyl (C=O) groups excluding carboxylic acids is 2. The van der Waals surface area contributed by atoms with E-state index < -0.39 is 24.8 Å². The number of benzene rings is 1. The summed E-state index contributed by atoms with van der Waals surface area (Å²) < 4.78 is 39.3. The zero-order valence-electron chi connectivity index (χ0n) is 21.5. The predicted octanol–water partition coefficient (Wildman–Crippen LogP) is 5.19. The molecule has 1 saturated heterocycles. The van der Waals surface area contributed by atoms with E-state index in [0.717, 1.165) is 46.9 Å². The standard InChI is InChI=1S/C29H28F3N5O2/c1-20(38)35-11-13-36(14-12-35)27-6-5-24(18-33-27)22-8-10-37-26(19-34-28(37)17-22)23-4-2-3-21(15-23)16-25(39)7-9-29(30,31)32/h2-6,8,10,15,17-19H,7,9,11-14,16H2,1H3. The average molecular weight is 536 g/mol. The Bertz CT molecular complexity index is 1490. The Morgan fingerprint density at radius 3 is 2.38 bits per heavy atom. The molecular formula is C29H28F3N5O2. The Morgan fingerprint density at radius 2 is 1.69 bits per heavy atom. The maximum Gasteiger partial charge on any atom is 0.389 e. The van der Waals surface area contributed by atoms with Gasteiger partial charge >= 0.3 is 6.18 Å². The summed E-state index contributed by atoms with van der Waals surface area (Å²) in [6, 6.07) is 15.2. The van der Waals surface area contributed by atoms with Gasteiger partial charge < -0.3 is 9.80 Å². The summed E-state index contributed by atoms with van der Waals surface area (Å²) in [5.41, 5.74) is 4.96. The SMILES string of the molecule is CC(=O)N1CCN(c2ccc(-c3ccn4c(-c5cccc(CC(=O)CCC(F)(F)F)c5)cnc4c3)cn2)CC1. The minimum absolute atomic E-state index is 0.0415. The van der Waals surface area contributed by atoms with E-state index in [1.807, 2.05) is 58.1 Å². The van der Waals surface area contributed by atoms with Gasteiger partial charge in [-0.15, -0.1) is 0 Å². The van der Waals surface area contributed by atoms with Crippen LogP contribution in [0.15, 0.2) is 67.1 Å². The fourth-order valence-electron chi connectivity index (χ4n) is 4.81. The number of aromatic nitrogens is 3. The number of fused-ring (bicyclic) bond motifs is 1. The Hall–Kier alpha value is -4.21. The molecule has 3 aromatic heterocycles. The van der Waals surface area contributed by atoms with Crippen LogP contribution in [0.25, 0.3) is 28.0 Å². The van der Waals surface area contributed by atoms with Crippen LogP contribution in [0.4, 0.5) is 19.0 Å². The molecule has 0 aliphatic carbocycles. The van der Waals surface area contributed by atoms with Crippen molar-refractivity contribution in [3.8, 4) is 22.4 Å². The van der Waals surface area contributed by atoms with Crippen molar-refractivity contribution >= 4 is 23.2 Å². The van der Waals surface area contributed by atoms with Crippen molar-refractivity contribution in [1.29, 1.82) is 0 Å². The Labute approximate surface area is 223 Å². The van der Waals surface area contributed by atoms with Gasteiger partial charge in [0.05, 0.1) is 18.3 Å². The molecule has 39 heavy (non-hydrogen) atoms. The largest absolute Gasteiger partial charge is 0.389 e. The van der Waals surface area contributed by atoms with Crippen molar-refractivity contribution in [3.63, 3.8) is 0 Å². The van der Waals surface area contributed by atoms with E-state index in [0.29, 0.717) is 18.7 Å². The van der Waals surface area contributed by atoms with Gasteiger partial charge in [0.25, 0.3) is 0 Å². The number of amides is 1. The van der Waals surface area contributed by atoms with Crippen LogP contribution in [0.1, 0.15) is 25.3 Å². The number of Topliss-reactive ketones (excluding diaryl/α,β-unsaturated/α-hetero) is 1. The van der Waals surface area contributed by atoms with Gasteiger partial charge in [-0.3, -0.25) is 14.0 Å². The Balaban J connectivity index is 1.29. The number of carbonyl (C=O) groups is 2. The van der Waals surface area contributed by atoms with E-state index in [4.69, 9.17) is 0 Å². The number of pyridine rings is 2. The second kappa shape index (κ2) is 10.9. The van der Waals surface area contributed by atoms with Gasteiger partial charge in [0.1, 0.15) is 17.2 Å². The zero-order valence-corrected chi connectivity index (χ0v) is 21.5. The third-order valence-corrected chi connectivity index (χ3v) is 6.95. The highest BCUT2D eigenvalue weighted by molar-refractivity contribution is 5.81. The van der Waals surface area contributed by atoms with Crippen LogP contribution in [0.3, 0.4) is 0 Å². The van der Waals surface area contributed by atoms with Crippen molar-refractivity contribution in [3.05, 3.63) is 72.7 Å². The van der Waals surface area contributed by atoms with Crippen LogP contribution in [0, 0.1) is 0 Å². The third kappa shape index (κ3) is 6.27. The molecule has 1 aromatic carbocycles. The summed E-state index contributed by atoms with van der Waals surface area (Å²) in [5.74, 6) is 0.534. The van der Waals surface area contributed by atoms with Crippen molar-refractivity contribution in [2.45, 2.75) is 32.4 Å². The fourth-order valence-corrected chi connectivity index (χ4v) is 4.81. The van der Waals surface area contributed by atoms with Gasteiger partial charge in [-0.25, -0.2) is 9.97 Å². The fraction of sp³-hybridized carbons (Fsp3) is 0.310. The molecule has 1 aliphatic rings. The smallest absolute Gasteiger partial charge is 0.353 e. The van der Waals surface area contributed by atoms with Gasteiger partial charge in [0.15, 0.2) is 0 Å². The lowest BCUT2D eigenvalue weighted by Gasteiger charge is -2.34. The summed E-state index contributed by atoms with van der Waals surface area (Å²) in [4.78, 5) is 36.8. The number of nitrogens with zero attached hydrogens (tertiary/aromatic N) is 5. The van der Waals surface area contributed by atoms with Crippen LogP contribution in [-0.2, 0) is 16.0 Å². The van der Waals surface area contributed by atoms with Crippen molar-refractivity contribution < 1.29 is 22.8 Å². The molecule has 0 saturated carbocycles. The summed E-state index contributed by atoms with van der Waals surface area (Å²) in [6.45, 7) is 4.47. The van der Waals surface area contributed by atoms with E-state index in [1.165, 1.54) is 0 Å². The first-order valence-corrected chi connectivity index (χ1v) is 12.8. The molecular weight excluding hydrogens is 507 g/mol. The lowest BCUT2D eigenvalue weighted by Crippen LogP contribution is -2.48.